The minimum absolute atomic E-state index is 0.0557. The van der Waals surface area contributed by atoms with Gasteiger partial charge in [-0.05, 0) is 6.54 Å². The van der Waals surface area contributed by atoms with E-state index in [1.165, 1.54) is 0 Å². The zero-order valence-corrected chi connectivity index (χ0v) is 12.4. The van der Waals surface area contributed by atoms with Crippen LogP contribution < -0.4 is 5.73 Å². The number of amides is 1. The van der Waals surface area contributed by atoms with Crippen molar-refractivity contribution >= 4 is 13.7 Å². The fourth-order valence-electron chi connectivity index (χ4n) is 2.06. The van der Waals surface area contributed by atoms with Crippen molar-refractivity contribution in [3.63, 3.8) is 0 Å². The van der Waals surface area contributed by atoms with Gasteiger partial charge in [-0.15, -0.1) is 0 Å². The lowest BCUT2D eigenvalue weighted by Gasteiger charge is -2.28. The summed E-state index contributed by atoms with van der Waals surface area (Å²) in [4.78, 5) is 29.6. The van der Waals surface area contributed by atoms with E-state index in [0.29, 0.717) is 6.54 Å². The number of hydrogen-bond donors (Lipinski definition) is 5. The molecule has 0 spiro atoms. The van der Waals surface area contributed by atoms with Gasteiger partial charge in [0.25, 0.3) is 0 Å². The van der Waals surface area contributed by atoms with Gasteiger partial charge in [0.1, 0.15) is 24.5 Å². The average Bonchev–Trinajstić information content (AvgIpc) is 2.64. The minimum atomic E-state index is -4.69. The highest BCUT2D eigenvalue weighted by Gasteiger charge is 2.45. The SMILES string of the molecule is CCN(CCC(N)=O)C1O[C@H](COP(=O)(O)O)[C@@H](O)[C@H]1O. The zero-order valence-electron chi connectivity index (χ0n) is 11.5. The summed E-state index contributed by atoms with van der Waals surface area (Å²) in [6.45, 7) is 1.86. The van der Waals surface area contributed by atoms with E-state index in [2.05, 4.69) is 4.52 Å². The second-order valence-electron chi connectivity index (χ2n) is 4.68. The summed E-state index contributed by atoms with van der Waals surface area (Å²) in [5.41, 5.74) is 5.05. The van der Waals surface area contributed by atoms with E-state index in [9.17, 15) is 19.6 Å². The maximum atomic E-state index is 10.8. The van der Waals surface area contributed by atoms with Gasteiger partial charge in [0.15, 0.2) is 0 Å². The number of aliphatic hydroxyl groups excluding tert-OH is 2. The van der Waals surface area contributed by atoms with Crippen LogP contribution >= 0.6 is 7.82 Å². The van der Waals surface area contributed by atoms with Crippen molar-refractivity contribution in [2.24, 2.45) is 5.73 Å². The van der Waals surface area contributed by atoms with Crippen LogP contribution in [0, 0.1) is 0 Å². The van der Waals surface area contributed by atoms with Crippen molar-refractivity contribution in [1.29, 1.82) is 0 Å². The fraction of sp³-hybridized carbons (Fsp3) is 0.900. The highest BCUT2D eigenvalue weighted by atomic mass is 31.2. The van der Waals surface area contributed by atoms with Crippen molar-refractivity contribution in [1.82, 2.24) is 4.90 Å². The van der Waals surface area contributed by atoms with Crippen LogP contribution in [0.5, 0.6) is 0 Å². The van der Waals surface area contributed by atoms with E-state index in [1.54, 1.807) is 11.8 Å². The molecule has 1 unspecified atom stereocenters. The van der Waals surface area contributed by atoms with E-state index < -0.39 is 44.9 Å². The number of phosphoric ester groups is 1. The standard InChI is InChI=1S/C10H21N2O8P/c1-2-12(4-3-7(11)13)10-9(15)8(14)6(20-10)5-19-21(16,17)18/h6,8-10,14-15H,2-5H2,1H3,(H2,11,13)(H2,16,17,18)/t6-,8-,9-,10?/m1/s1. The lowest BCUT2D eigenvalue weighted by molar-refractivity contribution is -0.121. The van der Waals surface area contributed by atoms with Crippen molar-refractivity contribution in [2.45, 2.75) is 37.9 Å². The Morgan fingerprint density at radius 3 is 2.48 bits per heavy atom. The molecule has 0 saturated carbocycles. The van der Waals surface area contributed by atoms with Gasteiger partial charge in [-0.3, -0.25) is 14.2 Å². The predicted octanol–water partition coefficient (Wildman–Crippen LogP) is -2.26. The number of hydrogen-bond acceptors (Lipinski definition) is 7. The first-order chi connectivity index (χ1) is 9.65. The molecule has 1 aliphatic rings. The van der Waals surface area contributed by atoms with Gasteiger partial charge in [-0.25, -0.2) is 4.57 Å². The summed E-state index contributed by atoms with van der Waals surface area (Å²) < 4.78 is 20.3. The average molecular weight is 328 g/mol. The zero-order chi connectivity index (χ0) is 16.2. The number of carbonyl (C=O) groups excluding carboxylic acids is 1. The Labute approximate surface area is 121 Å². The monoisotopic (exact) mass is 328 g/mol. The van der Waals surface area contributed by atoms with Gasteiger partial charge in [0.2, 0.25) is 5.91 Å². The van der Waals surface area contributed by atoms with Gasteiger partial charge in [0.05, 0.1) is 6.61 Å². The number of phosphoric acid groups is 1. The van der Waals surface area contributed by atoms with Crippen molar-refractivity contribution in [3.8, 4) is 0 Å². The topological polar surface area (TPSA) is 163 Å². The molecule has 1 amide bonds. The van der Waals surface area contributed by atoms with Crippen molar-refractivity contribution < 1.29 is 38.6 Å². The Bertz CT molecular complexity index is 403. The first-order valence-electron chi connectivity index (χ1n) is 6.39. The molecule has 0 bridgehead atoms. The largest absolute Gasteiger partial charge is 0.469 e. The van der Waals surface area contributed by atoms with E-state index >= 15 is 0 Å². The van der Waals surface area contributed by atoms with Gasteiger partial charge in [-0.2, -0.15) is 0 Å². The summed E-state index contributed by atoms with van der Waals surface area (Å²) >= 11 is 0. The van der Waals surface area contributed by atoms with Crippen LogP contribution in [-0.2, 0) is 18.6 Å². The highest BCUT2D eigenvalue weighted by Crippen LogP contribution is 2.37. The van der Waals surface area contributed by atoms with Gasteiger partial charge < -0.3 is 30.5 Å². The first-order valence-corrected chi connectivity index (χ1v) is 7.92. The molecule has 0 radical (unpaired) electrons. The molecular weight excluding hydrogens is 307 g/mol. The maximum Gasteiger partial charge on any atom is 0.469 e. The molecule has 4 atom stereocenters. The normalized spacial score (nSPS) is 30.0. The van der Waals surface area contributed by atoms with Crippen LogP contribution in [0.15, 0.2) is 0 Å². The molecule has 1 aliphatic heterocycles. The number of ether oxygens (including phenoxy) is 1. The molecule has 0 aliphatic carbocycles. The predicted molar refractivity (Wildman–Crippen MR) is 69.7 cm³/mol. The fourth-order valence-corrected chi connectivity index (χ4v) is 2.40. The quantitative estimate of drug-likeness (QED) is 0.309. The van der Waals surface area contributed by atoms with Crippen LogP contribution in [0.2, 0.25) is 0 Å². The number of nitrogens with zero attached hydrogens (tertiary/aromatic N) is 1. The van der Waals surface area contributed by atoms with Crippen molar-refractivity contribution in [3.05, 3.63) is 0 Å². The smallest absolute Gasteiger partial charge is 0.387 e. The molecule has 1 heterocycles. The van der Waals surface area contributed by atoms with Gasteiger partial charge >= 0.3 is 7.82 Å². The van der Waals surface area contributed by atoms with E-state index in [4.69, 9.17) is 20.3 Å². The van der Waals surface area contributed by atoms with Crippen LogP contribution in [0.4, 0.5) is 0 Å². The number of primary amides is 1. The number of carbonyl (C=O) groups is 1. The Morgan fingerprint density at radius 1 is 1.38 bits per heavy atom. The summed E-state index contributed by atoms with van der Waals surface area (Å²) in [6, 6.07) is 0. The Balaban J connectivity index is 2.63. The molecule has 1 saturated heterocycles. The molecule has 6 N–H and O–H groups in total. The van der Waals surface area contributed by atoms with E-state index in [-0.39, 0.29) is 13.0 Å². The number of nitrogens with two attached hydrogens (primary N) is 1. The minimum Gasteiger partial charge on any atom is -0.387 e. The number of rotatable bonds is 8. The van der Waals surface area contributed by atoms with Crippen LogP contribution in [0.3, 0.4) is 0 Å². The Hall–Kier alpha value is -0.580. The first kappa shape index (κ1) is 18.5. The third-order valence-corrected chi connectivity index (χ3v) is 3.64. The molecule has 124 valence electrons. The lowest BCUT2D eigenvalue weighted by atomic mass is 10.1. The summed E-state index contributed by atoms with van der Waals surface area (Å²) in [6.07, 6.45) is -4.58. The molecule has 1 fully saturated rings. The molecule has 0 aromatic rings. The van der Waals surface area contributed by atoms with Gasteiger partial charge in [-0.1, -0.05) is 6.92 Å². The second-order valence-corrected chi connectivity index (χ2v) is 5.92. The molecule has 11 heteroatoms. The summed E-state index contributed by atoms with van der Waals surface area (Å²) in [5.74, 6) is -0.511. The molecular formula is C10H21N2O8P. The molecule has 1 rings (SSSR count). The van der Waals surface area contributed by atoms with Crippen LogP contribution in [-0.4, -0.2) is 75.0 Å². The van der Waals surface area contributed by atoms with E-state index in [1.807, 2.05) is 0 Å². The van der Waals surface area contributed by atoms with Gasteiger partial charge in [0, 0.05) is 13.0 Å². The van der Waals surface area contributed by atoms with E-state index in [0.717, 1.165) is 0 Å². The molecule has 0 aromatic heterocycles. The summed E-state index contributed by atoms with van der Waals surface area (Å²) in [5, 5.41) is 19.8. The number of aliphatic hydroxyl groups is 2. The third kappa shape index (κ3) is 5.61. The highest BCUT2D eigenvalue weighted by molar-refractivity contribution is 7.46. The van der Waals surface area contributed by atoms with Crippen LogP contribution in [0.25, 0.3) is 0 Å². The summed E-state index contributed by atoms with van der Waals surface area (Å²) in [7, 11) is -4.69. The molecule has 10 nitrogen and oxygen atoms in total. The third-order valence-electron chi connectivity index (χ3n) is 3.16. The lowest BCUT2D eigenvalue weighted by Crippen LogP contribution is -2.45. The Kier molecular flexibility index (Phi) is 6.70. The molecule has 0 aromatic carbocycles. The Morgan fingerprint density at radius 2 is 2.00 bits per heavy atom. The maximum absolute atomic E-state index is 10.8. The van der Waals surface area contributed by atoms with Crippen LogP contribution in [0.1, 0.15) is 13.3 Å². The molecule has 21 heavy (non-hydrogen) atoms. The second kappa shape index (κ2) is 7.61. The van der Waals surface area contributed by atoms with Crippen molar-refractivity contribution in [2.75, 3.05) is 19.7 Å². The number of likely N-dealkylation sites (N-methyl/N-ethyl adjacent to an activating group) is 1.